The standard InChI is InChI=1S/C17H12F3N3O3/c1-9-14(15(24)22-12-4-2-3-10(7-12)16(25)26)23-8-11(17(18,19)20)5-6-13(23)21-9/h2-8H,1H3,(H,22,24)(H,25,26). The first-order chi connectivity index (χ1) is 12.2. The molecule has 0 saturated carbocycles. The minimum absolute atomic E-state index is 0.0305. The summed E-state index contributed by atoms with van der Waals surface area (Å²) in [6, 6.07) is 7.59. The highest BCUT2D eigenvalue weighted by atomic mass is 19.4. The van der Waals surface area contributed by atoms with Crippen LogP contribution in [-0.2, 0) is 6.18 Å². The zero-order valence-corrected chi connectivity index (χ0v) is 13.3. The van der Waals surface area contributed by atoms with Gasteiger partial charge in [-0.3, -0.25) is 9.20 Å². The first kappa shape index (κ1) is 17.5. The highest BCUT2D eigenvalue weighted by Gasteiger charge is 2.31. The molecule has 1 aromatic carbocycles. The maximum Gasteiger partial charge on any atom is 0.417 e. The molecule has 0 unspecified atom stereocenters. The third-order valence-electron chi connectivity index (χ3n) is 3.70. The van der Waals surface area contributed by atoms with Crippen molar-refractivity contribution in [3.8, 4) is 0 Å². The molecule has 0 aliphatic carbocycles. The predicted molar refractivity (Wildman–Crippen MR) is 86.3 cm³/mol. The lowest BCUT2D eigenvalue weighted by Gasteiger charge is -2.09. The molecule has 2 heterocycles. The molecule has 0 spiro atoms. The number of alkyl halides is 3. The fourth-order valence-corrected chi connectivity index (χ4v) is 2.52. The zero-order valence-electron chi connectivity index (χ0n) is 13.3. The van der Waals surface area contributed by atoms with Crippen molar-refractivity contribution in [1.82, 2.24) is 9.38 Å². The largest absolute Gasteiger partial charge is 0.478 e. The van der Waals surface area contributed by atoms with Crippen molar-refractivity contribution in [3.63, 3.8) is 0 Å². The van der Waals surface area contributed by atoms with Crippen LogP contribution in [0.25, 0.3) is 5.65 Å². The second-order valence-corrected chi connectivity index (χ2v) is 5.53. The van der Waals surface area contributed by atoms with Crippen LogP contribution in [0.5, 0.6) is 0 Å². The molecule has 0 radical (unpaired) electrons. The Labute approximate surface area is 144 Å². The van der Waals surface area contributed by atoms with E-state index in [0.717, 1.165) is 16.7 Å². The Morgan fingerprint density at radius 3 is 2.58 bits per heavy atom. The smallest absolute Gasteiger partial charge is 0.417 e. The molecule has 26 heavy (non-hydrogen) atoms. The quantitative estimate of drug-likeness (QED) is 0.745. The van der Waals surface area contributed by atoms with Crippen molar-refractivity contribution in [3.05, 3.63) is 65.1 Å². The van der Waals surface area contributed by atoms with Crippen LogP contribution in [0.15, 0.2) is 42.6 Å². The number of imidazole rings is 1. The number of fused-ring (bicyclic) bond motifs is 1. The van der Waals surface area contributed by atoms with E-state index in [-0.39, 0.29) is 28.3 Å². The number of aromatic nitrogens is 2. The third-order valence-corrected chi connectivity index (χ3v) is 3.70. The summed E-state index contributed by atoms with van der Waals surface area (Å²) < 4.78 is 39.9. The van der Waals surface area contributed by atoms with Gasteiger partial charge in [-0.05, 0) is 37.3 Å². The molecule has 9 heteroatoms. The summed E-state index contributed by atoms with van der Waals surface area (Å²) >= 11 is 0. The number of pyridine rings is 1. The summed E-state index contributed by atoms with van der Waals surface area (Å²) in [6.45, 7) is 1.50. The van der Waals surface area contributed by atoms with Crippen LogP contribution in [0.4, 0.5) is 18.9 Å². The number of carbonyl (C=O) groups is 2. The number of anilines is 1. The van der Waals surface area contributed by atoms with Crippen molar-refractivity contribution in [2.24, 2.45) is 0 Å². The first-order valence-electron chi connectivity index (χ1n) is 7.37. The van der Waals surface area contributed by atoms with E-state index in [2.05, 4.69) is 10.3 Å². The second kappa shape index (κ2) is 6.17. The number of nitrogens with zero attached hydrogens (tertiary/aromatic N) is 2. The second-order valence-electron chi connectivity index (χ2n) is 5.53. The van der Waals surface area contributed by atoms with Crippen LogP contribution < -0.4 is 5.32 Å². The maximum absolute atomic E-state index is 12.9. The number of aromatic carboxylic acids is 1. The van der Waals surface area contributed by atoms with Crippen LogP contribution >= 0.6 is 0 Å². The van der Waals surface area contributed by atoms with E-state index in [0.29, 0.717) is 0 Å². The lowest BCUT2D eigenvalue weighted by molar-refractivity contribution is -0.137. The highest BCUT2D eigenvalue weighted by Crippen LogP contribution is 2.30. The van der Waals surface area contributed by atoms with Gasteiger partial charge in [0.1, 0.15) is 11.3 Å². The fourth-order valence-electron chi connectivity index (χ4n) is 2.52. The number of amides is 1. The lowest BCUT2D eigenvalue weighted by atomic mass is 10.2. The lowest BCUT2D eigenvalue weighted by Crippen LogP contribution is -2.16. The average molecular weight is 363 g/mol. The molecule has 2 aromatic heterocycles. The van der Waals surface area contributed by atoms with Crippen molar-refractivity contribution in [2.45, 2.75) is 13.1 Å². The molecule has 2 N–H and O–H groups in total. The molecule has 0 saturated heterocycles. The van der Waals surface area contributed by atoms with Gasteiger partial charge in [-0.15, -0.1) is 0 Å². The first-order valence-corrected chi connectivity index (χ1v) is 7.37. The van der Waals surface area contributed by atoms with Crippen LogP contribution in [-0.4, -0.2) is 26.4 Å². The van der Waals surface area contributed by atoms with Gasteiger partial charge in [0.25, 0.3) is 5.91 Å². The van der Waals surface area contributed by atoms with Gasteiger partial charge in [0.15, 0.2) is 0 Å². The van der Waals surface area contributed by atoms with E-state index in [1.54, 1.807) is 0 Å². The van der Waals surface area contributed by atoms with E-state index in [9.17, 15) is 22.8 Å². The van der Waals surface area contributed by atoms with Crippen molar-refractivity contribution >= 4 is 23.2 Å². The number of hydrogen-bond donors (Lipinski definition) is 2. The molecule has 0 aliphatic rings. The summed E-state index contributed by atoms with van der Waals surface area (Å²) in [5, 5.41) is 11.5. The predicted octanol–water partition coefficient (Wildman–Crippen LogP) is 3.61. The van der Waals surface area contributed by atoms with Gasteiger partial charge < -0.3 is 10.4 Å². The van der Waals surface area contributed by atoms with Crippen LogP contribution in [0, 0.1) is 6.92 Å². The summed E-state index contributed by atoms with van der Waals surface area (Å²) in [6.07, 6.45) is -3.76. The van der Waals surface area contributed by atoms with E-state index in [4.69, 9.17) is 5.11 Å². The molecule has 0 aliphatic heterocycles. The molecule has 0 atom stereocenters. The molecule has 3 aromatic rings. The Bertz CT molecular complexity index is 1030. The third kappa shape index (κ3) is 3.23. The van der Waals surface area contributed by atoms with Gasteiger partial charge >= 0.3 is 12.1 Å². The Kier molecular flexibility index (Phi) is 4.15. The maximum atomic E-state index is 12.9. The SMILES string of the molecule is Cc1nc2ccc(C(F)(F)F)cn2c1C(=O)Nc1cccc(C(=O)O)c1. The summed E-state index contributed by atoms with van der Waals surface area (Å²) in [4.78, 5) is 27.6. The van der Waals surface area contributed by atoms with Gasteiger partial charge in [-0.2, -0.15) is 13.2 Å². The number of carbonyl (C=O) groups excluding carboxylic acids is 1. The van der Waals surface area contributed by atoms with Gasteiger partial charge in [-0.1, -0.05) is 6.07 Å². The number of rotatable bonds is 3. The highest BCUT2D eigenvalue weighted by molar-refractivity contribution is 6.05. The normalized spacial score (nSPS) is 11.5. The summed E-state index contributed by atoms with van der Waals surface area (Å²) in [7, 11) is 0. The monoisotopic (exact) mass is 363 g/mol. The van der Waals surface area contributed by atoms with Gasteiger partial charge in [-0.25, -0.2) is 9.78 Å². The Hall–Kier alpha value is -3.36. The van der Waals surface area contributed by atoms with E-state index in [1.807, 2.05) is 0 Å². The van der Waals surface area contributed by atoms with E-state index in [1.165, 1.54) is 37.3 Å². The molecular weight excluding hydrogens is 351 g/mol. The Morgan fingerprint density at radius 1 is 1.19 bits per heavy atom. The number of aryl methyl sites for hydroxylation is 1. The molecule has 134 valence electrons. The summed E-state index contributed by atoms with van der Waals surface area (Å²) in [5.74, 6) is -1.86. The molecule has 1 amide bonds. The Balaban J connectivity index is 2.01. The van der Waals surface area contributed by atoms with E-state index < -0.39 is 23.6 Å². The van der Waals surface area contributed by atoms with Crippen LogP contribution in [0.2, 0.25) is 0 Å². The Morgan fingerprint density at radius 2 is 1.92 bits per heavy atom. The van der Waals surface area contributed by atoms with Crippen LogP contribution in [0.3, 0.4) is 0 Å². The number of carboxylic acid groups (broad SMARTS) is 1. The molecule has 6 nitrogen and oxygen atoms in total. The topological polar surface area (TPSA) is 83.7 Å². The van der Waals surface area contributed by atoms with Crippen molar-refractivity contribution < 1.29 is 27.9 Å². The van der Waals surface area contributed by atoms with Crippen LogP contribution in [0.1, 0.15) is 32.1 Å². The molecular formula is C17H12F3N3O3. The zero-order chi connectivity index (χ0) is 19.1. The molecule has 3 rings (SSSR count). The van der Waals surface area contributed by atoms with Gasteiger partial charge in [0.05, 0.1) is 16.8 Å². The average Bonchev–Trinajstić information content (AvgIpc) is 2.89. The summed E-state index contributed by atoms with van der Waals surface area (Å²) in [5.41, 5.74) is -0.361. The van der Waals surface area contributed by atoms with Gasteiger partial charge in [0.2, 0.25) is 0 Å². The minimum Gasteiger partial charge on any atom is -0.478 e. The molecule has 0 fully saturated rings. The number of nitrogens with one attached hydrogen (secondary N) is 1. The minimum atomic E-state index is -4.56. The fraction of sp³-hybridized carbons (Fsp3) is 0.118. The van der Waals surface area contributed by atoms with Crippen molar-refractivity contribution in [1.29, 1.82) is 0 Å². The van der Waals surface area contributed by atoms with E-state index >= 15 is 0 Å². The number of benzene rings is 1. The number of carboxylic acids is 1. The molecule has 0 bridgehead atoms. The van der Waals surface area contributed by atoms with Crippen molar-refractivity contribution in [2.75, 3.05) is 5.32 Å². The number of hydrogen-bond acceptors (Lipinski definition) is 3. The number of halogens is 3. The van der Waals surface area contributed by atoms with Gasteiger partial charge in [0, 0.05) is 11.9 Å².